The second kappa shape index (κ2) is 13.7. The lowest BCUT2D eigenvalue weighted by atomic mass is 10.1. The molecule has 1 aromatic heterocycles. The predicted molar refractivity (Wildman–Crippen MR) is 169 cm³/mol. The van der Waals surface area contributed by atoms with E-state index in [0.29, 0.717) is 64.4 Å². The van der Waals surface area contributed by atoms with Crippen LogP contribution >= 0.6 is 58.5 Å². The average Bonchev–Trinajstić information content (AvgIpc) is 3.51. The normalized spacial score (nSPS) is 17.0. The van der Waals surface area contributed by atoms with Crippen LogP contribution in [0.25, 0.3) is 17.2 Å². The maximum Gasteiger partial charge on any atom is 0.335 e. The Balaban J connectivity index is 1.19. The Bertz CT molecular complexity index is 1500. The molecule has 0 aliphatic carbocycles. The van der Waals surface area contributed by atoms with Crippen LogP contribution in [0, 0.1) is 0 Å². The van der Waals surface area contributed by atoms with Gasteiger partial charge < -0.3 is 14.6 Å². The number of hydrogen-bond donors (Lipinski definition) is 1. The number of amides is 1. The molecule has 3 heterocycles. The lowest BCUT2D eigenvalue weighted by molar-refractivity contribution is -0.122. The summed E-state index contributed by atoms with van der Waals surface area (Å²) in [5.74, 6) is -0.464. The molecule has 214 valence electrons. The van der Waals surface area contributed by atoms with Crippen LogP contribution in [-0.2, 0) is 16.1 Å². The molecule has 1 N–H and O–H groups in total. The number of carboxylic acid groups (broad SMARTS) is 1. The number of ether oxygens (including phenoxy) is 2. The van der Waals surface area contributed by atoms with Gasteiger partial charge in [0, 0.05) is 52.2 Å². The summed E-state index contributed by atoms with van der Waals surface area (Å²) in [6, 6.07) is 12.3. The SMILES string of the molecule is O=C(O)c1ccc(OCCCN2C(=O)/C(=C/c3cc(-c4ccc(Cl)cc4Cl)cs3)SC2=S)c(CN2CCOCC2)c1. The predicted octanol–water partition coefficient (Wildman–Crippen LogP) is 6.92. The molecule has 7 nitrogen and oxygen atoms in total. The number of rotatable bonds is 10. The van der Waals surface area contributed by atoms with Crippen molar-refractivity contribution in [2.24, 2.45) is 0 Å². The molecule has 2 aliphatic heterocycles. The van der Waals surface area contributed by atoms with Crippen molar-refractivity contribution in [2.45, 2.75) is 13.0 Å². The number of carbonyl (C=O) groups is 2. The Labute approximate surface area is 261 Å². The highest BCUT2D eigenvalue weighted by Gasteiger charge is 2.31. The molecule has 0 bridgehead atoms. The van der Waals surface area contributed by atoms with Gasteiger partial charge in [0.1, 0.15) is 10.1 Å². The van der Waals surface area contributed by atoms with Crippen molar-refractivity contribution in [1.82, 2.24) is 9.80 Å². The van der Waals surface area contributed by atoms with Crippen LogP contribution in [0.15, 0.2) is 52.7 Å². The van der Waals surface area contributed by atoms with Gasteiger partial charge in [0.05, 0.1) is 30.3 Å². The van der Waals surface area contributed by atoms with Gasteiger partial charge in [-0.1, -0.05) is 53.2 Å². The number of thiocarbonyl (C=S) groups is 1. The van der Waals surface area contributed by atoms with Crippen LogP contribution in [0.3, 0.4) is 0 Å². The molecule has 0 radical (unpaired) electrons. The van der Waals surface area contributed by atoms with Crippen molar-refractivity contribution in [1.29, 1.82) is 0 Å². The van der Waals surface area contributed by atoms with Crippen molar-refractivity contribution >= 4 is 80.8 Å². The minimum absolute atomic E-state index is 0.127. The first-order valence-corrected chi connectivity index (χ1v) is 15.7. The van der Waals surface area contributed by atoms with E-state index in [-0.39, 0.29) is 11.5 Å². The Morgan fingerprint density at radius 3 is 2.71 bits per heavy atom. The minimum atomic E-state index is -0.977. The monoisotopic (exact) mass is 648 g/mol. The number of nitrogens with zero attached hydrogens (tertiary/aromatic N) is 2. The maximum absolute atomic E-state index is 13.1. The Kier molecular flexibility index (Phi) is 10.0. The topological polar surface area (TPSA) is 79.3 Å². The highest BCUT2D eigenvalue weighted by atomic mass is 35.5. The van der Waals surface area contributed by atoms with Gasteiger partial charge in [-0.15, -0.1) is 11.3 Å². The zero-order valence-corrected chi connectivity index (χ0v) is 25.8. The highest BCUT2D eigenvalue weighted by Crippen LogP contribution is 2.37. The Morgan fingerprint density at radius 2 is 1.95 bits per heavy atom. The molecule has 41 heavy (non-hydrogen) atoms. The number of carboxylic acids is 1. The molecular weight excluding hydrogens is 623 g/mol. The third-order valence-corrected chi connectivity index (χ3v) is 9.40. The van der Waals surface area contributed by atoms with E-state index in [2.05, 4.69) is 4.90 Å². The number of halogens is 2. The van der Waals surface area contributed by atoms with E-state index in [1.54, 1.807) is 35.2 Å². The lowest BCUT2D eigenvalue weighted by Crippen LogP contribution is -2.35. The van der Waals surface area contributed by atoms with Gasteiger partial charge in [-0.25, -0.2) is 4.79 Å². The summed E-state index contributed by atoms with van der Waals surface area (Å²) < 4.78 is 12.0. The standard InChI is InChI=1S/C29H26Cl2N2O5S3/c30-21-3-4-23(24(31)14-21)20-13-22(40-17-20)15-26-27(34)33(29(39)41-26)6-1-9-38-25-5-2-18(28(35)36)12-19(25)16-32-7-10-37-11-8-32/h2-5,12-15,17H,1,6-11,16H2,(H,35,36)/b26-15-. The molecule has 0 unspecified atom stereocenters. The van der Waals surface area contributed by atoms with Crippen LogP contribution in [0.1, 0.15) is 27.2 Å². The zero-order valence-electron chi connectivity index (χ0n) is 21.8. The molecule has 2 saturated heterocycles. The van der Waals surface area contributed by atoms with E-state index in [1.165, 1.54) is 23.1 Å². The molecule has 12 heteroatoms. The molecule has 0 atom stereocenters. The van der Waals surface area contributed by atoms with Gasteiger partial charge in [0.15, 0.2) is 0 Å². The van der Waals surface area contributed by atoms with Gasteiger partial charge in [-0.05, 0) is 59.8 Å². The number of aromatic carboxylic acids is 1. The summed E-state index contributed by atoms with van der Waals surface area (Å²) in [6.45, 7) is 4.21. The number of benzene rings is 2. The van der Waals surface area contributed by atoms with Crippen LogP contribution in [0.5, 0.6) is 5.75 Å². The first-order chi connectivity index (χ1) is 19.8. The first-order valence-electron chi connectivity index (χ1n) is 12.9. The van der Waals surface area contributed by atoms with Crippen LogP contribution in [0.2, 0.25) is 10.0 Å². The second-order valence-electron chi connectivity index (χ2n) is 9.41. The van der Waals surface area contributed by atoms with Crippen molar-refractivity contribution in [3.8, 4) is 16.9 Å². The van der Waals surface area contributed by atoms with Crippen molar-refractivity contribution in [3.05, 3.63) is 78.8 Å². The molecule has 0 saturated carbocycles. The van der Waals surface area contributed by atoms with Crippen molar-refractivity contribution in [2.75, 3.05) is 39.5 Å². The zero-order chi connectivity index (χ0) is 28.9. The van der Waals surface area contributed by atoms with Gasteiger partial charge in [0.25, 0.3) is 5.91 Å². The fourth-order valence-electron chi connectivity index (χ4n) is 4.50. The number of thioether (sulfide) groups is 1. The largest absolute Gasteiger partial charge is 0.493 e. The van der Waals surface area contributed by atoms with Gasteiger partial charge in [-0.2, -0.15) is 0 Å². The van der Waals surface area contributed by atoms with E-state index >= 15 is 0 Å². The summed E-state index contributed by atoms with van der Waals surface area (Å²) in [6.07, 6.45) is 2.42. The summed E-state index contributed by atoms with van der Waals surface area (Å²) in [7, 11) is 0. The van der Waals surface area contributed by atoms with E-state index < -0.39 is 5.97 Å². The fourth-order valence-corrected chi connectivity index (χ4v) is 7.23. The van der Waals surface area contributed by atoms with Crippen LogP contribution in [-0.4, -0.2) is 70.6 Å². The third-order valence-electron chi connectivity index (χ3n) is 6.60. The van der Waals surface area contributed by atoms with Crippen molar-refractivity contribution < 1.29 is 24.2 Å². The quantitative estimate of drug-likeness (QED) is 0.144. The van der Waals surface area contributed by atoms with E-state index in [9.17, 15) is 14.7 Å². The summed E-state index contributed by atoms with van der Waals surface area (Å²) in [5.41, 5.74) is 2.87. The molecule has 5 rings (SSSR count). The Hall–Kier alpha value is -2.44. The van der Waals surface area contributed by atoms with Gasteiger partial charge in [-0.3, -0.25) is 14.6 Å². The minimum Gasteiger partial charge on any atom is -0.493 e. The molecular formula is C29H26Cl2N2O5S3. The molecule has 0 spiro atoms. The highest BCUT2D eigenvalue weighted by molar-refractivity contribution is 8.26. The molecule has 2 aliphatic rings. The van der Waals surface area contributed by atoms with Crippen LogP contribution < -0.4 is 4.74 Å². The molecule has 3 aromatic rings. The second-order valence-corrected chi connectivity index (χ2v) is 12.9. The van der Waals surface area contributed by atoms with Gasteiger partial charge >= 0.3 is 5.97 Å². The number of thiophene rings is 1. The molecule has 1 amide bonds. The number of hydrogen-bond acceptors (Lipinski definition) is 8. The summed E-state index contributed by atoms with van der Waals surface area (Å²) >= 11 is 20.7. The number of carbonyl (C=O) groups excluding carboxylic acids is 1. The maximum atomic E-state index is 13.1. The molecule has 2 fully saturated rings. The Morgan fingerprint density at radius 1 is 1.15 bits per heavy atom. The number of morpholine rings is 1. The summed E-state index contributed by atoms with van der Waals surface area (Å²) in [5, 5.41) is 12.6. The van der Waals surface area contributed by atoms with E-state index in [0.717, 1.165) is 34.7 Å². The third kappa shape index (κ3) is 7.50. The van der Waals surface area contributed by atoms with E-state index in [1.807, 2.05) is 23.6 Å². The summed E-state index contributed by atoms with van der Waals surface area (Å²) in [4.78, 5) is 30.0. The van der Waals surface area contributed by atoms with E-state index in [4.69, 9.17) is 44.9 Å². The molecule has 2 aromatic carbocycles. The average molecular weight is 650 g/mol. The smallest absolute Gasteiger partial charge is 0.335 e. The lowest BCUT2D eigenvalue weighted by Gasteiger charge is -2.27. The van der Waals surface area contributed by atoms with Crippen LogP contribution in [0.4, 0.5) is 0 Å². The fraction of sp³-hybridized carbons (Fsp3) is 0.276. The van der Waals surface area contributed by atoms with Crippen molar-refractivity contribution in [3.63, 3.8) is 0 Å². The first kappa shape index (κ1) is 30.0. The van der Waals surface area contributed by atoms with Gasteiger partial charge in [0.2, 0.25) is 0 Å².